The van der Waals surface area contributed by atoms with Crippen LogP contribution in [0.4, 0.5) is 5.82 Å². The minimum absolute atomic E-state index is 0.00663. The number of hydrogen-bond donors (Lipinski definition) is 0. The van der Waals surface area contributed by atoms with Crippen molar-refractivity contribution >= 4 is 11.7 Å². The maximum Gasteiger partial charge on any atom is 0.272 e. The molecule has 7 heteroatoms. The number of amides is 1. The zero-order valence-corrected chi connectivity index (χ0v) is 16.5. The van der Waals surface area contributed by atoms with Gasteiger partial charge in [0.1, 0.15) is 17.8 Å². The van der Waals surface area contributed by atoms with Crippen LogP contribution >= 0.6 is 0 Å². The molecule has 0 N–H and O–H groups in total. The van der Waals surface area contributed by atoms with Gasteiger partial charge in [0.25, 0.3) is 5.91 Å². The summed E-state index contributed by atoms with van der Waals surface area (Å²) in [4.78, 5) is 25.5. The zero-order valence-electron chi connectivity index (χ0n) is 16.5. The maximum atomic E-state index is 12.8. The Labute approximate surface area is 165 Å². The highest BCUT2D eigenvalue weighted by atomic mass is 16.5. The summed E-state index contributed by atoms with van der Waals surface area (Å²) in [5.41, 5.74) is 2.92. The fourth-order valence-electron chi connectivity index (χ4n) is 3.97. The molecule has 0 atom stereocenters. The molecular formula is C21H26N4O3. The third kappa shape index (κ3) is 3.61. The summed E-state index contributed by atoms with van der Waals surface area (Å²) >= 11 is 0. The van der Waals surface area contributed by atoms with Gasteiger partial charge in [-0.2, -0.15) is 0 Å². The molecule has 2 aromatic rings. The number of carbonyl (C=O) groups is 1. The topological polar surface area (TPSA) is 67.8 Å². The molecule has 4 rings (SSSR count). The molecule has 1 saturated heterocycles. The summed E-state index contributed by atoms with van der Waals surface area (Å²) in [6, 6.07) is 5.90. The molecule has 0 unspecified atom stereocenters. The van der Waals surface area contributed by atoms with E-state index in [1.54, 1.807) is 14.2 Å². The second-order valence-electron chi connectivity index (χ2n) is 7.26. The van der Waals surface area contributed by atoms with E-state index in [1.807, 2.05) is 17.0 Å². The van der Waals surface area contributed by atoms with Gasteiger partial charge in [-0.3, -0.25) is 4.79 Å². The van der Waals surface area contributed by atoms with Crippen molar-refractivity contribution in [1.29, 1.82) is 0 Å². The van der Waals surface area contributed by atoms with Crippen molar-refractivity contribution in [1.82, 2.24) is 14.9 Å². The molecule has 148 valence electrons. The summed E-state index contributed by atoms with van der Waals surface area (Å²) in [5.74, 6) is 2.28. The molecule has 7 nitrogen and oxygen atoms in total. The number of ether oxygens (including phenoxy) is 2. The average Bonchev–Trinajstić information content (AvgIpc) is 2.77. The predicted molar refractivity (Wildman–Crippen MR) is 106 cm³/mol. The quantitative estimate of drug-likeness (QED) is 0.810. The van der Waals surface area contributed by atoms with Gasteiger partial charge in [0.15, 0.2) is 11.5 Å². The minimum atomic E-state index is 0.00663. The van der Waals surface area contributed by atoms with E-state index >= 15 is 0 Å². The Balaban J connectivity index is 1.55. The smallest absolute Gasteiger partial charge is 0.272 e. The van der Waals surface area contributed by atoms with Crippen LogP contribution in [0.2, 0.25) is 0 Å². The van der Waals surface area contributed by atoms with Gasteiger partial charge in [-0.1, -0.05) is 0 Å². The predicted octanol–water partition coefficient (Wildman–Crippen LogP) is 2.68. The molecule has 1 amide bonds. The number of piperidine rings is 1. The van der Waals surface area contributed by atoms with Crippen molar-refractivity contribution in [2.45, 2.75) is 32.2 Å². The van der Waals surface area contributed by atoms with E-state index in [-0.39, 0.29) is 5.91 Å². The van der Waals surface area contributed by atoms with Crippen LogP contribution < -0.4 is 14.4 Å². The summed E-state index contributed by atoms with van der Waals surface area (Å²) < 4.78 is 10.9. The lowest BCUT2D eigenvalue weighted by Crippen LogP contribution is -2.36. The van der Waals surface area contributed by atoms with E-state index in [2.05, 4.69) is 20.9 Å². The van der Waals surface area contributed by atoms with Crippen molar-refractivity contribution in [3.05, 3.63) is 41.3 Å². The first-order valence-electron chi connectivity index (χ1n) is 9.79. The van der Waals surface area contributed by atoms with E-state index in [4.69, 9.17) is 9.47 Å². The molecule has 28 heavy (non-hydrogen) atoms. The van der Waals surface area contributed by atoms with Crippen molar-refractivity contribution in [3.8, 4) is 11.5 Å². The van der Waals surface area contributed by atoms with Gasteiger partial charge < -0.3 is 19.3 Å². The van der Waals surface area contributed by atoms with E-state index in [9.17, 15) is 4.79 Å². The number of rotatable bonds is 4. The van der Waals surface area contributed by atoms with Crippen LogP contribution in [-0.2, 0) is 13.0 Å². The maximum absolute atomic E-state index is 12.8. The second-order valence-corrected chi connectivity index (χ2v) is 7.26. The highest BCUT2D eigenvalue weighted by Gasteiger charge is 2.23. The largest absolute Gasteiger partial charge is 0.493 e. The van der Waals surface area contributed by atoms with Crippen LogP contribution in [0.5, 0.6) is 11.5 Å². The van der Waals surface area contributed by atoms with Crippen LogP contribution in [0.15, 0.2) is 24.5 Å². The van der Waals surface area contributed by atoms with Crippen molar-refractivity contribution in [2.75, 3.05) is 38.8 Å². The summed E-state index contributed by atoms with van der Waals surface area (Å²) in [7, 11) is 3.30. The van der Waals surface area contributed by atoms with Gasteiger partial charge >= 0.3 is 0 Å². The molecule has 1 aromatic carbocycles. The normalized spacial score (nSPS) is 16.5. The lowest BCUT2D eigenvalue weighted by atomic mass is 9.98. The molecular weight excluding hydrogens is 356 g/mol. The third-order valence-corrected chi connectivity index (χ3v) is 5.56. The Morgan fingerprint density at radius 3 is 2.36 bits per heavy atom. The number of hydrogen-bond acceptors (Lipinski definition) is 6. The van der Waals surface area contributed by atoms with Crippen LogP contribution in [0, 0.1) is 0 Å². The number of aromatic nitrogens is 2. The van der Waals surface area contributed by atoms with Crippen LogP contribution in [-0.4, -0.2) is 54.6 Å². The Kier molecular flexibility index (Phi) is 5.32. The Morgan fingerprint density at radius 1 is 0.929 bits per heavy atom. The molecule has 0 aliphatic carbocycles. The molecule has 2 aliphatic heterocycles. The lowest BCUT2D eigenvalue weighted by Gasteiger charge is -2.31. The van der Waals surface area contributed by atoms with E-state index < -0.39 is 0 Å². The number of carbonyl (C=O) groups excluding carboxylic acids is 1. The third-order valence-electron chi connectivity index (χ3n) is 5.56. The van der Waals surface area contributed by atoms with Gasteiger partial charge in [0.05, 0.1) is 14.2 Å². The SMILES string of the molecule is COc1cc2c(cc1OC)CN(c1cc(C(=O)N3CCCCC3)ncn1)CC2. The molecule has 0 saturated carbocycles. The average molecular weight is 382 g/mol. The van der Waals surface area contributed by atoms with Crippen LogP contribution in [0.1, 0.15) is 40.9 Å². The Morgan fingerprint density at radius 2 is 1.64 bits per heavy atom. The lowest BCUT2D eigenvalue weighted by molar-refractivity contribution is 0.0718. The molecule has 3 heterocycles. The number of fused-ring (bicyclic) bond motifs is 1. The van der Waals surface area contributed by atoms with Gasteiger partial charge in [0, 0.05) is 32.2 Å². The van der Waals surface area contributed by atoms with Crippen molar-refractivity contribution in [2.24, 2.45) is 0 Å². The first-order chi connectivity index (χ1) is 13.7. The van der Waals surface area contributed by atoms with E-state index in [1.165, 1.54) is 23.9 Å². The fourth-order valence-corrected chi connectivity index (χ4v) is 3.97. The molecule has 0 bridgehead atoms. The van der Waals surface area contributed by atoms with Gasteiger partial charge in [-0.15, -0.1) is 0 Å². The van der Waals surface area contributed by atoms with Gasteiger partial charge in [-0.25, -0.2) is 9.97 Å². The summed E-state index contributed by atoms with van der Waals surface area (Å²) in [5, 5.41) is 0. The fraction of sp³-hybridized carbons (Fsp3) is 0.476. The van der Waals surface area contributed by atoms with Crippen LogP contribution in [0.25, 0.3) is 0 Å². The van der Waals surface area contributed by atoms with E-state index in [0.717, 1.165) is 56.2 Å². The van der Waals surface area contributed by atoms with Gasteiger partial charge in [-0.05, 0) is 48.9 Å². The molecule has 0 radical (unpaired) electrons. The van der Waals surface area contributed by atoms with Crippen LogP contribution in [0.3, 0.4) is 0 Å². The van der Waals surface area contributed by atoms with Gasteiger partial charge in [0.2, 0.25) is 0 Å². The highest BCUT2D eigenvalue weighted by Crippen LogP contribution is 2.34. The zero-order chi connectivity index (χ0) is 19.5. The molecule has 0 spiro atoms. The number of benzene rings is 1. The highest BCUT2D eigenvalue weighted by molar-refractivity contribution is 5.93. The summed E-state index contributed by atoms with van der Waals surface area (Å²) in [6.45, 7) is 3.18. The van der Waals surface area contributed by atoms with Crippen molar-refractivity contribution < 1.29 is 14.3 Å². The number of likely N-dealkylation sites (tertiary alicyclic amines) is 1. The van der Waals surface area contributed by atoms with Crippen molar-refractivity contribution in [3.63, 3.8) is 0 Å². The standard InChI is InChI=1S/C21H26N4O3/c1-27-18-10-15-6-9-25(13-16(15)11-19(18)28-2)20-12-17(22-14-23-20)21(26)24-7-4-3-5-8-24/h10-12,14H,3-9,13H2,1-2H3. The summed E-state index contributed by atoms with van der Waals surface area (Å²) in [6.07, 6.45) is 5.71. The number of anilines is 1. The second kappa shape index (κ2) is 8.04. The molecule has 2 aliphatic rings. The number of methoxy groups -OCH3 is 2. The number of nitrogens with zero attached hydrogens (tertiary/aromatic N) is 4. The van der Waals surface area contributed by atoms with E-state index in [0.29, 0.717) is 12.2 Å². The Hall–Kier alpha value is -2.83. The first-order valence-corrected chi connectivity index (χ1v) is 9.79. The Bertz CT molecular complexity index is 865. The monoisotopic (exact) mass is 382 g/mol. The minimum Gasteiger partial charge on any atom is -0.493 e. The molecule has 1 fully saturated rings. The molecule has 1 aromatic heterocycles. The first kappa shape index (κ1) is 18.5.